The number of hydrogen-bond acceptors (Lipinski definition) is 2. The van der Waals surface area contributed by atoms with Gasteiger partial charge in [-0.15, -0.1) is 6.07 Å². The van der Waals surface area contributed by atoms with E-state index < -0.39 is 0 Å². The van der Waals surface area contributed by atoms with Crippen LogP contribution in [0, 0.1) is 82.2 Å². The first kappa shape index (κ1) is 24.4. The third-order valence-electron chi connectivity index (χ3n) is 7.26. The van der Waals surface area contributed by atoms with E-state index in [2.05, 4.69) is 75.3 Å². The van der Waals surface area contributed by atoms with Crippen molar-refractivity contribution in [3.05, 3.63) is 67.5 Å². The molecule has 0 aliphatic heterocycles. The molecule has 30 heavy (non-hydrogen) atoms. The minimum Gasteiger partial charge on any atom is -0.260 e. The molecular weight excluding hydrogens is 403 g/mol. The zero-order valence-electron chi connectivity index (χ0n) is 20.3. The van der Waals surface area contributed by atoms with Crippen molar-refractivity contribution in [3.8, 4) is 22.5 Å². The molecule has 3 rings (SSSR count). The number of rotatable bonds is 2. The van der Waals surface area contributed by atoms with Crippen LogP contribution in [0.4, 0.5) is 0 Å². The van der Waals surface area contributed by atoms with Crippen LogP contribution < -0.4 is 0 Å². The van der Waals surface area contributed by atoms with E-state index in [9.17, 15) is 0 Å². The van der Waals surface area contributed by atoms with Crippen LogP contribution in [0.15, 0.2) is 0 Å². The van der Waals surface area contributed by atoms with E-state index in [0.717, 1.165) is 17.2 Å². The molecule has 0 bridgehead atoms. The first-order valence-corrected chi connectivity index (χ1v) is 10.4. The third-order valence-corrected chi connectivity index (χ3v) is 7.26. The Hall–Kier alpha value is -1.90. The average molecular weight is 437 g/mol. The van der Waals surface area contributed by atoms with E-state index in [0.29, 0.717) is 0 Å². The van der Waals surface area contributed by atoms with E-state index >= 15 is 0 Å². The molecule has 3 heteroatoms. The van der Waals surface area contributed by atoms with E-state index in [1.165, 1.54) is 66.8 Å². The van der Waals surface area contributed by atoms with Crippen molar-refractivity contribution >= 4 is 0 Å². The van der Waals surface area contributed by atoms with Crippen LogP contribution in [0.1, 0.15) is 61.5 Å². The second-order valence-electron chi connectivity index (χ2n) is 8.59. The zero-order chi connectivity index (χ0) is 21.8. The maximum Gasteiger partial charge on any atom is 0.121 e. The summed E-state index contributed by atoms with van der Waals surface area (Å²) < 4.78 is 0. The normalized spacial score (nSPS) is 10.9. The third kappa shape index (κ3) is 3.76. The maximum atomic E-state index is 4.82. The van der Waals surface area contributed by atoms with E-state index in [1.54, 1.807) is 0 Å². The van der Waals surface area contributed by atoms with Gasteiger partial charge >= 0.3 is 0 Å². The van der Waals surface area contributed by atoms with Gasteiger partial charge in [-0.05, 0) is 71.0 Å². The minimum atomic E-state index is 0. The summed E-state index contributed by atoms with van der Waals surface area (Å²) in [5.41, 5.74) is 17.4. The zero-order valence-corrected chi connectivity index (χ0v) is 21.7. The van der Waals surface area contributed by atoms with Crippen LogP contribution >= 0.6 is 0 Å². The molecule has 1 heterocycles. The second-order valence-corrected chi connectivity index (χ2v) is 8.59. The Kier molecular flexibility index (Phi) is 7.06. The fraction of sp³-hybridized carbons (Fsp3) is 0.407. The molecule has 0 saturated heterocycles. The van der Waals surface area contributed by atoms with E-state index in [1.807, 2.05) is 6.92 Å². The Morgan fingerprint density at radius 3 is 0.900 bits per heavy atom. The number of benzene rings is 2. The Morgan fingerprint density at radius 2 is 0.633 bits per heavy atom. The Balaban J connectivity index is 0.00000320. The van der Waals surface area contributed by atoms with Crippen molar-refractivity contribution in [2.45, 2.75) is 76.2 Å². The largest absolute Gasteiger partial charge is 0.260 e. The Bertz CT molecular complexity index is 1010. The van der Waals surface area contributed by atoms with Crippen LogP contribution in [-0.4, -0.2) is 9.97 Å². The molecule has 0 saturated carbocycles. The molecule has 0 spiro atoms. The topological polar surface area (TPSA) is 25.8 Å². The van der Waals surface area contributed by atoms with Gasteiger partial charge in [0.25, 0.3) is 0 Å². The van der Waals surface area contributed by atoms with Gasteiger partial charge in [-0.2, -0.15) is 0 Å². The van der Waals surface area contributed by atoms with Crippen molar-refractivity contribution in [1.29, 1.82) is 0 Å². The smallest absolute Gasteiger partial charge is 0.121 e. The Morgan fingerprint density at radius 1 is 0.400 bits per heavy atom. The van der Waals surface area contributed by atoms with Gasteiger partial charge < -0.3 is 0 Å². The summed E-state index contributed by atoms with van der Waals surface area (Å²) in [4.78, 5) is 9.64. The predicted octanol–water partition coefficient (Wildman–Crippen LogP) is 7.00. The maximum absolute atomic E-state index is 4.82. The van der Waals surface area contributed by atoms with Crippen LogP contribution in [0.2, 0.25) is 0 Å². The SMILES string of the molecule is Cc1nc(-c2c(C)c(C)c(C)c(C)c2C)[c-]c(-c2c(C)c(C)c(C)c(C)c2C)n1.[V]. The molecule has 1 radical (unpaired) electrons. The summed E-state index contributed by atoms with van der Waals surface area (Å²) in [5.74, 6) is 0.790. The van der Waals surface area contributed by atoms with Gasteiger partial charge in [-0.3, -0.25) is 9.97 Å². The molecule has 0 fully saturated rings. The van der Waals surface area contributed by atoms with Gasteiger partial charge in [0.15, 0.2) is 0 Å². The predicted molar refractivity (Wildman–Crippen MR) is 124 cm³/mol. The van der Waals surface area contributed by atoms with E-state index in [-0.39, 0.29) is 18.6 Å². The molecule has 0 amide bonds. The fourth-order valence-corrected chi connectivity index (χ4v) is 4.46. The van der Waals surface area contributed by atoms with Gasteiger partial charge in [0.05, 0.1) is 0 Å². The average Bonchev–Trinajstić information content (AvgIpc) is 2.67. The molecular formula is C27H33N2V-. The van der Waals surface area contributed by atoms with Gasteiger partial charge in [-0.1, -0.05) is 83.3 Å². The molecule has 0 atom stereocenters. The van der Waals surface area contributed by atoms with Crippen molar-refractivity contribution in [3.63, 3.8) is 0 Å². The number of nitrogens with zero attached hydrogens (tertiary/aromatic N) is 2. The molecule has 0 aliphatic rings. The summed E-state index contributed by atoms with van der Waals surface area (Å²) in [6.07, 6.45) is 0. The quantitative estimate of drug-likeness (QED) is 0.404. The monoisotopic (exact) mass is 436 g/mol. The minimum absolute atomic E-state index is 0. The molecule has 0 aliphatic carbocycles. The number of aryl methyl sites for hydroxylation is 1. The standard InChI is InChI=1S/C27H33N2.V/c1-13-15(3)19(7)26(20(8)16(13)4)24-12-25(29-23(11)28-24)27-21(9)17(5)14(2)18(6)22(27)10;/h1-11H3;/q-1;. The van der Waals surface area contributed by atoms with Crippen molar-refractivity contribution < 1.29 is 18.6 Å². The van der Waals surface area contributed by atoms with Gasteiger partial charge in [0.2, 0.25) is 0 Å². The van der Waals surface area contributed by atoms with Crippen LogP contribution in [-0.2, 0) is 18.6 Å². The summed E-state index contributed by atoms with van der Waals surface area (Å²) in [6, 6.07) is 3.61. The number of hydrogen-bond donors (Lipinski definition) is 0. The van der Waals surface area contributed by atoms with Crippen molar-refractivity contribution in [1.82, 2.24) is 9.97 Å². The second kappa shape index (κ2) is 8.69. The van der Waals surface area contributed by atoms with Crippen LogP contribution in [0.25, 0.3) is 22.5 Å². The molecule has 3 aromatic rings. The summed E-state index contributed by atoms with van der Waals surface area (Å²) >= 11 is 0. The van der Waals surface area contributed by atoms with Crippen LogP contribution in [0.3, 0.4) is 0 Å². The summed E-state index contributed by atoms with van der Waals surface area (Å²) in [5, 5.41) is 0. The summed E-state index contributed by atoms with van der Waals surface area (Å²) in [7, 11) is 0. The van der Waals surface area contributed by atoms with E-state index in [4.69, 9.17) is 9.97 Å². The Labute approximate surface area is 194 Å². The first-order valence-electron chi connectivity index (χ1n) is 10.4. The fourth-order valence-electron chi connectivity index (χ4n) is 4.46. The van der Waals surface area contributed by atoms with Crippen molar-refractivity contribution in [2.24, 2.45) is 0 Å². The van der Waals surface area contributed by atoms with Crippen molar-refractivity contribution in [2.75, 3.05) is 0 Å². The van der Waals surface area contributed by atoms with Gasteiger partial charge in [0, 0.05) is 18.6 Å². The number of aromatic nitrogens is 2. The molecule has 0 unspecified atom stereocenters. The molecule has 2 aromatic carbocycles. The first-order chi connectivity index (χ1) is 13.5. The molecule has 2 nitrogen and oxygen atoms in total. The van der Waals surface area contributed by atoms with Gasteiger partial charge in [-0.25, -0.2) is 0 Å². The summed E-state index contributed by atoms with van der Waals surface area (Å²) in [6.45, 7) is 24.0. The van der Waals surface area contributed by atoms with Crippen LogP contribution in [0.5, 0.6) is 0 Å². The van der Waals surface area contributed by atoms with Gasteiger partial charge in [0.1, 0.15) is 5.82 Å². The molecule has 157 valence electrons. The molecule has 0 N–H and O–H groups in total. The molecule has 1 aromatic heterocycles.